The molecule has 2 aromatic rings. The minimum absolute atomic E-state index is 0.697. The third-order valence-electron chi connectivity index (χ3n) is 2.28. The number of pyridine rings is 1. The number of aromatic nitrogens is 1. The van der Waals surface area contributed by atoms with Crippen LogP contribution in [0.3, 0.4) is 0 Å². The summed E-state index contributed by atoms with van der Waals surface area (Å²) in [6, 6.07) is 9.37. The van der Waals surface area contributed by atoms with Crippen LogP contribution in [0.15, 0.2) is 36.5 Å². The van der Waals surface area contributed by atoms with Crippen molar-refractivity contribution in [3.63, 3.8) is 0 Å². The second-order valence-corrected chi connectivity index (χ2v) is 4.62. The van der Waals surface area contributed by atoms with Crippen LogP contribution in [-0.4, -0.2) is 4.98 Å². The third kappa shape index (κ3) is 3.20. The highest BCUT2D eigenvalue weighted by Crippen LogP contribution is 2.29. The third-order valence-corrected chi connectivity index (χ3v) is 3.12. The van der Waals surface area contributed by atoms with Gasteiger partial charge in [0.2, 0.25) is 0 Å². The molecule has 0 saturated carbocycles. The van der Waals surface area contributed by atoms with E-state index in [1.807, 2.05) is 37.3 Å². The Bertz CT molecular complexity index is 513. The summed E-state index contributed by atoms with van der Waals surface area (Å²) < 4.78 is 5.76. The normalized spacial score (nSPS) is 10.3. The van der Waals surface area contributed by atoms with E-state index in [4.69, 9.17) is 16.3 Å². The van der Waals surface area contributed by atoms with Gasteiger partial charge < -0.3 is 4.74 Å². The number of hydrogen-bond acceptors (Lipinski definition) is 2. The molecule has 0 aliphatic heterocycles. The second kappa shape index (κ2) is 5.52. The molecule has 1 aromatic carbocycles. The number of aryl methyl sites for hydroxylation is 1. The number of hydrogen-bond donors (Lipinski definition) is 0. The highest BCUT2D eigenvalue weighted by Gasteiger charge is 2.05. The number of alkyl halides is 1. The highest BCUT2D eigenvalue weighted by atomic mass is 79.9. The average molecular weight is 313 g/mol. The summed E-state index contributed by atoms with van der Waals surface area (Å²) in [4.78, 5) is 4.19. The largest absolute Gasteiger partial charge is 0.455 e. The van der Waals surface area contributed by atoms with E-state index in [0.717, 1.165) is 22.8 Å². The lowest BCUT2D eigenvalue weighted by Gasteiger charge is -2.09. The Hall–Kier alpha value is -1.06. The molecule has 2 rings (SSSR count). The Kier molecular flexibility index (Phi) is 4.02. The monoisotopic (exact) mass is 311 g/mol. The molecular formula is C13H11BrClNO. The zero-order chi connectivity index (χ0) is 12.3. The van der Waals surface area contributed by atoms with E-state index in [9.17, 15) is 0 Å². The van der Waals surface area contributed by atoms with Crippen molar-refractivity contribution >= 4 is 27.5 Å². The maximum Gasteiger partial charge on any atom is 0.145 e. The number of ether oxygens (including phenoxy) is 1. The maximum absolute atomic E-state index is 5.93. The number of halogens is 2. The average Bonchev–Trinajstić information content (AvgIpc) is 2.34. The van der Waals surface area contributed by atoms with Gasteiger partial charge in [-0.1, -0.05) is 27.5 Å². The van der Waals surface area contributed by atoms with Gasteiger partial charge in [0.1, 0.15) is 11.5 Å². The number of nitrogens with zero attached hydrogens (tertiary/aromatic N) is 1. The molecule has 17 heavy (non-hydrogen) atoms. The van der Waals surface area contributed by atoms with Crippen LogP contribution in [0.2, 0.25) is 5.02 Å². The van der Waals surface area contributed by atoms with Gasteiger partial charge >= 0.3 is 0 Å². The van der Waals surface area contributed by atoms with Crippen LogP contribution in [0, 0.1) is 6.92 Å². The van der Waals surface area contributed by atoms with Crippen LogP contribution in [0.1, 0.15) is 11.3 Å². The summed E-state index contributed by atoms with van der Waals surface area (Å²) in [5, 5.41) is 1.40. The van der Waals surface area contributed by atoms with Gasteiger partial charge in [0, 0.05) is 21.6 Å². The summed E-state index contributed by atoms with van der Waals surface area (Å²) in [6.07, 6.45) is 1.71. The minimum atomic E-state index is 0.697. The predicted octanol–water partition coefficient (Wildman–Crippen LogP) is 4.73. The van der Waals surface area contributed by atoms with Crippen molar-refractivity contribution in [1.82, 2.24) is 4.98 Å². The quantitative estimate of drug-likeness (QED) is 0.764. The molecule has 88 valence electrons. The van der Waals surface area contributed by atoms with Crippen molar-refractivity contribution in [2.75, 3.05) is 0 Å². The second-order valence-electron chi connectivity index (χ2n) is 3.62. The van der Waals surface area contributed by atoms with Crippen molar-refractivity contribution in [2.45, 2.75) is 12.3 Å². The molecule has 0 unspecified atom stereocenters. The standard InChI is InChI=1S/C13H11BrClNO/c1-9-2-4-12(8-16-9)17-13-5-3-11(15)6-10(13)7-14/h2-6,8H,7H2,1H3. The fourth-order valence-corrected chi connectivity index (χ4v) is 2.03. The molecule has 0 aliphatic carbocycles. The first kappa shape index (κ1) is 12.4. The molecular weight excluding hydrogens is 302 g/mol. The molecule has 0 fully saturated rings. The summed E-state index contributed by atoms with van der Waals surface area (Å²) in [6.45, 7) is 1.94. The molecule has 0 aliphatic rings. The maximum atomic E-state index is 5.93. The van der Waals surface area contributed by atoms with Gasteiger partial charge in [-0.3, -0.25) is 4.98 Å². The molecule has 0 radical (unpaired) electrons. The van der Waals surface area contributed by atoms with Gasteiger partial charge in [-0.25, -0.2) is 0 Å². The fraction of sp³-hybridized carbons (Fsp3) is 0.154. The van der Waals surface area contributed by atoms with Crippen LogP contribution in [0.5, 0.6) is 11.5 Å². The van der Waals surface area contributed by atoms with Crippen molar-refractivity contribution in [1.29, 1.82) is 0 Å². The van der Waals surface area contributed by atoms with Gasteiger partial charge in [0.05, 0.1) is 6.20 Å². The van der Waals surface area contributed by atoms with Gasteiger partial charge in [-0.2, -0.15) is 0 Å². The zero-order valence-corrected chi connectivity index (χ0v) is 11.6. The summed E-state index contributed by atoms with van der Waals surface area (Å²) in [5.74, 6) is 1.51. The van der Waals surface area contributed by atoms with Crippen molar-refractivity contribution in [2.24, 2.45) is 0 Å². The summed E-state index contributed by atoms with van der Waals surface area (Å²) in [5.41, 5.74) is 1.98. The van der Waals surface area contributed by atoms with E-state index in [0.29, 0.717) is 10.4 Å². The molecule has 0 bridgehead atoms. The molecule has 0 atom stereocenters. The Morgan fingerprint density at radius 3 is 2.76 bits per heavy atom. The minimum Gasteiger partial charge on any atom is -0.455 e. The lowest BCUT2D eigenvalue weighted by atomic mass is 10.2. The van der Waals surface area contributed by atoms with Crippen molar-refractivity contribution in [3.8, 4) is 11.5 Å². The molecule has 1 heterocycles. The van der Waals surface area contributed by atoms with Gasteiger partial charge in [0.25, 0.3) is 0 Å². The van der Waals surface area contributed by atoms with Crippen LogP contribution in [0.4, 0.5) is 0 Å². The molecule has 0 saturated heterocycles. The number of benzene rings is 1. The van der Waals surface area contributed by atoms with Crippen LogP contribution in [0.25, 0.3) is 0 Å². The Morgan fingerprint density at radius 2 is 2.12 bits per heavy atom. The van der Waals surface area contributed by atoms with E-state index >= 15 is 0 Å². The predicted molar refractivity (Wildman–Crippen MR) is 73.1 cm³/mol. The fourth-order valence-electron chi connectivity index (χ4n) is 1.39. The van der Waals surface area contributed by atoms with Crippen LogP contribution >= 0.6 is 27.5 Å². The van der Waals surface area contributed by atoms with E-state index in [1.54, 1.807) is 6.20 Å². The zero-order valence-electron chi connectivity index (χ0n) is 9.28. The SMILES string of the molecule is Cc1ccc(Oc2ccc(Cl)cc2CBr)cn1. The molecule has 0 amide bonds. The lowest BCUT2D eigenvalue weighted by molar-refractivity contribution is 0.476. The van der Waals surface area contributed by atoms with Crippen molar-refractivity contribution in [3.05, 3.63) is 52.8 Å². The first-order valence-electron chi connectivity index (χ1n) is 5.14. The Balaban J connectivity index is 2.26. The Morgan fingerprint density at radius 1 is 1.29 bits per heavy atom. The van der Waals surface area contributed by atoms with E-state index in [2.05, 4.69) is 20.9 Å². The molecule has 0 spiro atoms. The van der Waals surface area contributed by atoms with E-state index in [1.165, 1.54) is 0 Å². The summed E-state index contributed by atoms with van der Waals surface area (Å²) in [7, 11) is 0. The molecule has 2 nitrogen and oxygen atoms in total. The van der Waals surface area contributed by atoms with E-state index in [-0.39, 0.29) is 0 Å². The topological polar surface area (TPSA) is 22.1 Å². The molecule has 1 aromatic heterocycles. The smallest absolute Gasteiger partial charge is 0.145 e. The molecule has 4 heteroatoms. The first-order valence-corrected chi connectivity index (χ1v) is 6.64. The first-order chi connectivity index (χ1) is 8.19. The van der Waals surface area contributed by atoms with Crippen LogP contribution < -0.4 is 4.74 Å². The lowest BCUT2D eigenvalue weighted by Crippen LogP contribution is -1.90. The van der Waals surface area contributed by atoms with Crippen LogP contribution in [-0.2, 0) is 5.33 Å². The number of rotatable bonds is 3. The molecule has 0 N–H and O–H groups in total. The Labute approximate surface area is 114 Å². The van der Waals surface area contributed by atoms with Gasteiger partial charge in [-0.15, -0.1) is 0 Å². The van der Waals surface area contributed by atoms with Crippen molar-refractivity contribution < 1.29 is 4.74 Å². The summed E-state index contributed by atoms with van der Waals surface area (Å²) >= 11 is 9.34. The highest BCUT2D eigenvalue weighted by molar-refractivity contribution is 9.08. The van der Waals surface area contributed by atoms with Gasteiger partial charge in [-0.05, 0) is 37.3 Å². The van der Waals surface area contributed by atoms with E-state index < -0.39 is 0 Å². The van der Waals surface area contributed by atoms with Gasteiger partial charge in [0.15, 0.2) is 0 Å².